The summed E-state index contributed by atoms with van der Waals surface area (Å²) in [6, 6.07) is 16.5. The molecule has 1 N–H and O–H groups in total. The van der Waals surface area contributed by atoms with Crippen LogP contribution in [0.15, 0.2) is 54.6 Å². The van der Waals surface area contributed by atoms with Crippen molar-refractivity contribution in [3.63, 3.8) is 0 Å². The maximum Gasteiger partial charge on any atom is 0.220 e. The van der Waals surface area contributed by atoms with Crippen LogP contribution in [0.3, 0.4) is 0 Å². The van der Waals surface area contributed by atoms with Gasteiger partial charge in [-0.15, -0.1) is 0 Å². The Hall–Kier alpha value is -2.16. The van der Waals surface area contributed by atoms with Crippen LogP contribution in [-0.2, 0) is 17.6 Å². The number of halogens is 1. The molecular weight excluding hydrogens is 265 g/mol. The molecule has 0 aromatic heterocycles. The summed E-state index contributed by atoms with van der Waals surface area (Å²) in [5.41, 5.74) is 2.27. The molecule has 0 unspecified atom stereocenters. The van der Waals surface area contributed by atoms with Gasteiger partial charge in [-0.25, -0.2) is 4.39 Å². The normalized spacial score (nSPS) is 10.3. The van der Waals surface area contributed by atoms with Gasteiger partial charge in [0.05, 0.1) is 0 Å². The lowest BCUT2D eigenvalue weighted by atomic mass is 10.1. The third-order valence-corrected chi connectivity index (χ3v) is 3.36. The molecule has 0 saturated carbocycles. The fourth-order valence-electron chi connectivity index (χ4n) is 2.16. The Labute approximate surface area is 125 Å². The lowest BCUT2D eigenvalue weighted by Crippen LogP contribution is -2.24. The number of carbonyl (C=O) groups is 1. The number of hydrogen-bond donors (Lipinski definition) is 1. The number of benzene rings is 2. The van der Waals surface area contributed by atoms with Crippen LogP contribution >= 0.6 is 0 Å². The minimum Gasteiger partial charge on any atom is -0.356 e. The van der Waals surface area contributed by atoms with E-state index >= 15 is 0 Å². The van der Waals surface area contributed by atoms with Crippen molar-refractivity contribution in [1.82, 2.24) is 5.32 Å². The molecule has 2 aromatic rings. The van der Waals surface area contributed by atoms with Crippen LogP contribution in [0.2, 0.25) is 0 Å². The Bertz CT molecular complexity index is 551. The van der Waals surface area contributed by atoms with Crippen LogP contribution in [0.25, 0.3) is 0 Å². The fraction of sp³-hybridized carbons (Fsp3) is 0.278. The Morgan fingerprint density at radius 1 is 0.905 bits per heavy atom. The molecule has 0 spiro atoms. The smallest absolute Gasteiger partial charge is 0.220 e. The molecule has 0 bridgehead atoms. The molecule has 0 saturated heterocycles. The molecule has 1 amide bonds. The first-order valence-electron chi connectivity index (χ1n) is 7.29. The molecule has 2 nitrogen and oxygen atoms in total. The molecule has 21 heavy (non-hydrogen) atoms. The molecule has 0 aliphatic carbocycles. The van der Waals surface area contributed by atoms with Crippen molar-refractivity contribution in [2.75, 3.05) is 6.54 Å². The Morgan fingerprint density at radius 3 is 2.29 bits per heavy atom. The van der Waals surface area contributed by atoms with Gasteiger partial charge in [-0.05, 0) is 42.5 Å². The van der Waals surface area contributed by atoms with E-state index in [2.05, 4.69) is 17.4 Å². The van der Waals surface area contributed by atoms with Crippen LogP contribution in [0, 0.1) is 5.82 Å². The van der Waals surface area contributed by atoms with Gasteiger partial charge in [0.2, 0.25) is 5.91 Å². The van der Waals surface area contributed by atoms with Crippen LogP contribution in [0.4, 0.5) is 4.39 Å². The zero-order valence-corrected chi connectivity index (χ0v) is 12.0. The highest BCUT2D eigenvalue weighted by molar-refractivity contribution is 5.76. The number of nitrogens with one attached hydrogen (secondary N) is 1. The highest BCUT2D eigenvalue weighted by Crippen LogP contribution is 2.05. The number of hydrogen-bond acceptors (Lipinski definition) is 1. The standard InChI is InChI=1S/C18H20FNO/c19-17-11-8-16(9-12-17)10-13-18(21)20-14-4-7-15-5-2-1-3-6-15/h1-3,5-6,8-9,11-12H,4,7,10,13-14H2,(H,20,21). The zero-order chi connectivity index (χ0) is 14.9. The Balaban J connectivity index is 1.60. The van der Waals surface area contributed by atoms with Crippen molar-refractivity contribution in [3.05, 3.63) is 71.5 Å². The molecule has 2 aromatic carbocycles. The summed E-state index contributed by atoms with van der Waals surface area (Å²) in [4.78, 5) is 11.7. The second-order valence-corrected chi connectivity index (χ2v) is 5.07. The molecule has 0 radical (unpaired) electrons. The minimum absolute atomic E-state index is 0.0485. The molecule has 3 heteroatoms. The lowest BCUT2D eigenvalue weighted by Gasteiger charge is -2.05. The van der Waals surface area contributed by atoms with Gasteiger partial charge in [0.15, 0.2) is 0 Å². The first kappa shape index (κ1) is 15.2. The Kier molecular flexibility index (Phi) is 5.95. The maximum absolute atomic E-state index is 12.8. The maximum atomic E-state index is 12.8. The Morgan fingerprint density at radius 2 is 1.57 bits per heavy atom. The topological polar surface area (TPSA) is 29.1 Å². The molecule has 0 fully saturated rings. The average Bonchev–Trinajstić information content (AvgIpc) is 2.52. The summed E-state index contributed by atoms with van der Waals surface area (Å²) >= 11 is 0. The van der Waals surface area contributed by atoms with Gasteiger partial charge in [-0.2, -0.15) is 0 Å². The average molecular weight is 285 g/mol. The van der Waals surface area contributed by atoms with Crippen LogP contribution < -0.4 is 5.32 Å². The molecule has 0 heterocycles. The largest absolute Gasteiger partial charge is 0.356 e. The van der Waals surface area contributed by atoms with Gasteiger partial charge < -0.3 is 5.32 Å². The molecule has 110 valence electrons. The third-order valence-electron chi connectivity index (χ3n) is 3.36. The number of amides is 1. The van der Waals surface area contributed by atoms with E-state index in [9.17, 15) is 9.18 Å². The first-order valence-corrected chi connectivity index (χ1v) is 7.29. The van der Waals surface area contributed by atoms with Gasteiger partial charge in [-0.1, -0.05) is 42.5 Å². The molecule has 2 rings (SSSR count). The van der Waals surface area contributed by atoms with E-state index in [-0.39, 0.29) is 11.7 Å². The fourth-order valence-corrected chi connectivity index (χ4v) is 2.16. The van der Waals surface area contributed by atoms with Gasteiger partial charge >= 0.3 is 0 Å². The van der Waals surface area contributed by atoms with Gasteiger partial charge in [0.1, 0.15) is 5.82 Å². The summed E-state index contributed by atoms with van der Waals surface area (Å²) in [7, 11) is 0. The summed E-state index contributed by atoms with van der Waals surface area (Å²) in [5, 5.41) is 2.92. The zero-order valence-electron chi connectivity index (χ0n) is 12.0. The van der Waals surface area contributed by atoms with Crippen molar-refractivity contribution < 1.29 is 9.18 Å². The highest BCUT2D eigenvalue weighted by atomic mass is 19.1. The van der Waals surface area contributed by atoms with Crippen molar-refractivity contribution in [1.29, 1.82) is 0 Å². The SMILES string of the molecule is O=C(CCc1ccc(F)cc1)NCCCc1ccccc1. The molecule has 0 atom stereocenters. The molecule has 0 aliphatic heterocycles. The third kappa shape index (κ3) is 5.78. The van der Waals surface area contributed by atoms with Crippen molar-refractivity contribution in [3.8, 4) is 0 Å². The quantitative estimate of drug-likeness (QED) is 0.775. The van der Waals surface area contributed by atoms with Crippen LogP contribution in [-0.4, -0.2) is 12.5 Å². The number of carbonyl (C=O) groups excluding carboxylic acids is 1. The van der Waals surface area contributed by atoms with E-state index in [1.807, 2.05) is 18.2 Å². The second kappa shape index (κ2) is 8.20. The molecule has 0 aliphatic rings. The van der Waals surface area contributed by atoms with Crippen molar-refractivity contribution >= 4 is 5.91 Å². The number of aryl methyl sites for hydroxylation is 2. The first-order chi connectivity index (χ1) is 10.2. The van der Waals surface area contributed by atoms with E-state index < -0.39 is 0 Å². The van der Waals surface area contributed by atoms with Crippen LogP contribution in [0.5, 0.6) is 0 Å². The minimum atomic E-state index is -0.246. The van der Waals surface area contributed by atoms with Crippen LogP contribution in [0.1, 0.15) is 24.0 Å². The number of rotatable bonds is 7. The summed E-state index contributed by atoms with van der Waals surface area (Å²) in [5.74, 6) is -0.198. The summed E-state index contributed by atoms with van der Waals surface area (Å²) in [6.07, 6.45) is 2.99. The van der Waals surface area contributed by atoms with E-state index in [0.717, 1.165) is 18.4 Å². The van der Waals surface area contributed by atoms with E-state index in [0.29, 0.717) is 19.4 Å². The van der Waals surface area contributed by atoms with E-state index in [1.165, 1.54) is 17.7 Å². The van der Waals surface area contributed by atoms with E-state index in [4.69, 9.17) is 0 Å². The van der Waals surface area contributed by atoms with Gasteiger partial charge in [-0.3, -0.25) is 4.79 Å². The van der Waals surface area contributed by atoms with Crippen molar-refractivity contribution in [2.45, 2.75) is 25.7 Å². The second-order valence-electron chi connectivity index (χ2n) is 5.07. The van der Waals surface area contributed by atoms with Crippen molar-refractivity contribution in [2.24, 2.45) is 0 Å². The summed E-state index contributed by atoms with van der Waals surface area (Å²) in [6.45, 7) is 0.692. The predicted molar refractivity (Wildman–Crippen MR) is 82.5 cm³/mol. The lowest BCUT2D eigenvalue weighted by molar-refractivity contribution is -0.121. The van der Waals surface area contributed by atoms with E-state index in [1.54, 1.807) is 12.1 Å². The highest BCUT2D eigenvalue weighted by Gasteiger charge is 2.02. The predicted octanol–water partition coefficient (Wildman–Crippen LogP) is 3.51. The monoisotopic (exact) mass is 285 g/mol. The summed E-state index contributed by atoms with van der Waals surface area (Å²) < 4.78 is 12.8. The van der Waals surface area contributed by atoms with Gasteiger partial charge in [0.25, 0.3) is 0 Å². The van der Waals surface area contributed by atoms with Gasteiger partial charge in [0, 0.05) is 13.0 Å². The molecular formula is C18H20FNO.